The maximum absolute atomic E-state index is 13.2. The molecule has 0 unspecified atom stereocenters. The Labute approximate surface area is 214 Å². The number of aryl methyl sites for hydroxylation is 1. The number of aromatic nitrogens is 3. The Hall–Kier alpha value is -3.18. The number of rotatable bonds is 5. The van der Waals surface area contributed by atoms with E-state index >= 15 is 0 Å². The van der Waals surface area contributed by atoms with Gasteiger partial charge in [0.25, 0.3) is 5.56 Å². The Morgan fingerprint density at radius 1 is 1.08 bits per heavy atom. The molecular formula is C31H38N4O. The summed E-state index contributed by atoms with van der Waals surface area (Å²) in [6.07, 6.45) is 7.93. The highest BCUT2D eigenvalue weighted by atomic mass is 16.1. The number of hydrogen-bond acceptors (Lipinski definition) is 3. The summed E-state index contributed by atoms with van der Waals surface area (Å²) in [5, 5.41) is 1.31. The fourth-order valence-electron chi connectivity index (χ4n) is 5.97. The maximum Gasteiger partial charge on any atom is 0.258 e. The van der Waals surface area contributed by atoms with Crippen LogP contribution in [0.1, 0.15) is 69.1 Å². The van der Waals surface area contributed by atoms with Gasteiger partial charge in [0.15, 0.2) is 0 Å². The zero-order valence-electron chi connectivity index (χ0n) is 22.4. The number of H-pyrrole nitrogens is 1. The van der Waals surface area contributed by atoms with Gasteiger partial charge in [-0.15, -0.1) is 0 Å². The van der Waals surface area contributed by atoms with E-state index in [0.29, 0.717) is 23.4 Å². The highest BCUT2D eigenvalue weighted by Crippen LogP contribution is 2.40. The molecule has 36 heavy (non-hydrogen) atoms. The molecule has 3 aromatic heterocycles. The van der Waals surface area contributed by atoms with Gasteiger partial charge in [-0.05, 0) is 93.4 Å². The first-order valence-electron chi connectivity index (χ1n) is 13.3. The molecule has 0 radical (unpaired) electrons. The summed E-state index contributed by atoms with van der Waals surface area (Å²) in [5.41, 5.74) is 8.68. The van der Waals surface area contributed by atoms with Gasteiger partial charge < -0.3 is 14.5 Å². The summed E-state index contributed by atoms with van der Waals surface area (Å²) < 4.78 is 1.70. The molecule has 0 saturated carbocycles. The van der Waals surface area contributed by atoms with E-state index < -0.39 is 0 Å². The molecule has 0 aliphatic carbocycles. The van der Waals surface area contributed by atoms with E-state index in [2.05, 4.69) is 67.7 Å². The van der Waals surface area contributed by atoms with E-state index in [1.54, 1.807) is 17.0 Å². The predicted molar refractivity (Wildman–Crippen MR) is 150 cm³/mol. The van der Waals surface area contributed by atoms with Crippen molar-refractivity contribution in [1.82, 2.24) is 19.4 Å². The molecule has 5 heteroatoms. The summed E-state index contributed by atoms with van der Waals surface area (Å²) in [7, 11) is 1.84. The van der Waals surface area contributed by atoms with Crippen LogP contribution in [0.3, 0.4) is 0 Å². The number of pyridine rings is 2. The molecule has 1 aliphatic heterocycles. The summed E-state index contributed by atoms with van der Waals surface area (Å²) in [5.74, 6) is 0.949. The molecule has 0 bridgehead atoms. The average Bonchev–Trinajstić information content (AvgIpc) is 3.26. The van der Waals surface area contributed by atoms with Crippen molar-refractivity contribution in [3.63, 3.8) is 0 Å². The number of aromatic amines is 1. The van der Waals surface area contributed by atoms with Crippen molar-refractivity contribution in [3.8, 4) is 22.4 Å². The molecule has 5 rings (SSSR count). The van der Waals surface area contributed by atoms with E-state index in [1.165, 1.54) is 42.4 Å². The highest BCUT2D eigenvalue weighted by molar-refractivity contribution is 5.93. The van der Waals surface area contributed by atoms with E-state index in [9.17, 15) is 4.79 Å². The average molecular weight is 483 g/mol. The van der Waals surface area contributed by atoms with Crippen LogP contribution in [0.4, 0.5) is 0 Å². The Kier molecular flexibility index (Phi) is 6.60. The number of piperidine rings is 1. The van der Waals surface area contributed by atoms with Gasteiger partial charge in [-0.3, -0.25) is 9.78 Å². The van der Waals surface area contributed by atoms with Crippen molar-refractivity contribution >= 4 is 10.9 Å². The van der Waals surface area contributed by atoms with Crippen molar-refractivity contribution in [2.24, 2.45) is 7.05 Å². The van der Waals surface area contributed by atoms with Crippen molar-refractivity contribution in [2.45, 2.75) is 65.3 Å². The number of hydrogen-bond donors (Lipinski definition) is 1. The lowest BCUT2D eigenvalue weighted by Gasteiger charge is -2.34. The third-order valence-corrected chi connectivity index (χ3v) is 8.03. The second-order valence-electron chi connectivity index (χ2n) is 11.0. The number of nitrogens with zero attached hydrogens (tertiary/aromatic N) is 3. The molecule has 0 atom stereocenters. The smallest absolute Gasteiger partial charge is 0.258 e. The Balaban J connectivity index is 1.63. The molecule has 1 aliphatic rings. The molecule has 1 aromatic carbocycles. The maximum atomic E-state index is 13.2. The summed E-state index contributed by atoms with van der Waals surface area (Å²) in [4.78, 5) is 23.8. The van der Waals surface area contributed by atoms with Crippen LogP contribution in [0, 0.1) is 6.92 Å². The SMILES string of the molecule is Cc1c(-c2[nH]c3ccc(C4CCN(C(C)C)CC4)cc3c2C(C)C)cn(C)c(=O)c1-c1cccnc1. The lowest BCUT2D eigenvalue weighted by atomic mass is 9.87. The van der Waals surface area contributed by atoms with E-state index in [1.807, 2.05) is 25.4 Å². The predicted octanol–water partition coefficient (Wildman–Crippen LogP) is 6.62. The number of likely N-dealkylation sites (tertiary alicyclic amines) is 1. The monoisotopic (exact) mass is 482 g/mol. The first-order chi connectivity index (χ1) is 17.3. The van der Waals surface area contributed by atoms with Gasteiger partial charge >= 0.3 is 0 Å². The fraction of sp³-hybridized carbons (Fsp3) is 0.419. The molecular weight excluding hydrogens is 444 g/mol. The van der Waals surface area contributed by atoms with Crippen LogP contribution in [-0.4, -0.2) is 38.6 Å². The number of nitrogens with one attached hydrogen (secondary N) is 1. The molecule has 1 saturated heterocycles. The molecule has 4 heterocycles. The van der Waals surface area contributed by atoms with Crippen LogP contribution in [-0.2, 0) is 7.05 Å². The second kappa shape index (κ2) is 9.70. The quantitative estimate of drug-likeness (QED) is 0.348. The Morgan fingerprint density at radius 3 is 2.47 bits per heavy atom. The van der Waals surface area contributed by atoms with Gasteiger partial charge in [0.1, 0.15) is 0 Å². The minimum atomic E-state index is 0.00137. The Bertz CT molecular complexity index is 1440. The van der Waals surface area contributed by atoms with Gasteiger partial charge in [-0.2, -0.15) is 0 Å². The lowest BCUT2D eigenvalue weighted by molar-refractivity contribution is 0.172. The van der Waals surface area contributed by atoms with Crippen molar-refractivity contribution in [3.05, 3.63) is 76.0 Å². The minimum absolute atomic E-state index is 0.00137. The number of benzene rings is 1. The van der Waals surface area contributed by atoms with Crippen molar-refractivity contribution in [1.29, 1.82) is 0 Å². The molecule has 188 valence electrons. The van der Waals surface area contributed by atoms with Crippen LogP contribution >= 0.6 is 0 Å². The lowest BCUT2D eigenvalue weighted by Crippen LogP contribution is -2.37. The normalized spacial score (nSPS) is 15.4. The molecule has 1 fully saturated rings. The van der Waals surface area contributed by atoms with Crippen molar-refractivity contribution < 1.29 is 0 Å². The largest absolute Gasteiger partial charge is 0.354 e. The molecule has 4 aromatic rings. The third kappa shape index (κ3) is 4.30. The molecule has 5 nitrogen and oxygen atoms in total. The summed E-state index contributed by atoms with van der Waals surface area (Å²) in [6.45, 7) is 13.5. The van der Waals surface area contributed by atoms with Gasteiger partial charge in [0.05, 0.1) is 11.3 Å². The van der Waals surface area contributed by atoms with Crippen LogP contribution in [0.25, 0.3) is 33.3 Å². The van der Waals surface area contributed by atoms with Crippen LogP contribution in [0.15, 0.2) is 53.7 Å². The highest BCUT2D eigenvalue weighted by Gasteiger charge is 2.25. The Morgan fingerprint density at radius 2 is 1.83 bits per heavy atom. The fourth-order valence-corrected chi connectivity index (χ4v) is 5.97. The first-order valence-corrected chi connectivity index (χ1v) is 13.3. The zero-order chi connectivity index (χ0) is 25.6. The standard InChI is InChI=1S/C31H38N4O/c1-19(2)28-25-16-23(22-11-14-35(15-12-22)20(3)4)9-10-27(25)33-30(28)26-18-34(6)31(36)29(21(26)5)24-8-7-13-32-17-24/h7-10,13,16-20,22,33H,11-12,14-15H2,1-6H3. The first kappa shape index (κ1) is 24.5. The summed E-state index contributed by atoms with van der Waals surface area (Å²) in [6, 6.07) is 11.5. The molecule has 0 spiro atoms. The van der Waals surface area contributed by atoms with Gasteiger partial charge in [-0.25, -0.2) is 0 Å². The van der Waals surface area contributed by atoms with Crippen LogP contribution in [0.5, 0.6) is 0 Å². The van der Waals surface area contributed by atoms with E-state index in [0.717, 1.165) is 27.9 Å². The third-order valence-electron chi connectivity index (χ3n) is 8.03. The van der Waals surface area contributed by atoms with E-state index in [-0.39, 0.29) is 5.56 Å². The molecule has 0 amide bonds. The topological polar surface area (TPSA) is 53.9 Å². The van der Waals surface area contributed by atoms with Crippen LogP contribution < -0.4 is 5.56 Å². The number of fused-ring (bicyclic) bond motifs is 1. The van der Waals surface area contributed by atoms with Crippen LogP contribution in [0.2, 0.25) is 0 Å². The summed E-state index contributed by atoms with van der Waals surface area (Å²) >= 11 is 0. The van der Waals surface area contributed by atoms with Gasteiger partial charge in [0.2, 0.25) is 0 Å². The van der Waals surface area contributed by atoms with E-state index in [4.69, 9.17) is 0 Å². The zero-order valence-corrected chi connectivity index (χ0v) is 22.4. The van der Waals surface area contributed by atoms with Crippen molar-refractivity contribution in [2.75, 3.05) is 13.1 Å². The van der Waals surface area contributed by atoms with Gasteiger partial charge in [0, 0.05) is 53.7 Å². The molecule has 1 N–H and O–H groups in total. The second-order valence-corrected chi connectivity index (χ2v) is 11.0. The minimum Gasteiger partial charge on any atom is -0.354 e. The van der Waals surface area contributed by atoms with Gasteiger partial charge in [-0.1, -0.05) is 26.0 Å².